The van der Waals surface area contributed by atoms with Crippen LogP contribution in [0.15, 0.2) is 39.9 Å². The topological polar surface area (TPSA) is 83.0 Å². The van der Waals surface area contributed by atoms with Crippen molar-refractivity contribution < 1.29 is 9.53 Å². The summed E-state index contributed by atoms with van der Waals surface area (Å²) in [6.45, 7) is 5.97. The predicted octanol–water partition coefficient (Wildman–Crippen LogP) is 5.09. The van der Waals surface area contributed by atoms with Gasteiger partial charge in [0.05, 0.1) is 17.7 Å². The number of nitrogens with one attached hydrogen (secondary N) is 1. The Morgan fingerprint density at radius 1 is 1.32 bits per heavy atom. The number of amidine groups is 2. The third-order valence-corrected chi connectivity index (χ3v) is 7.09. The standard InChI is InChI=1S/C21H20ClN5O2S2/c1-5-30-21-25-27-18(23)15(19(28)24-20(27)31-21)9-13-8-11(2)26(12(13)3)14-6-7-17(29-4)16(22)10-14/h6-10,23H,5H2,1-4H3/b15-9+,23-18?. The molecule has 0 radical (unpaired) electrons. The number of aliphatic imine (C=N–C) groups is 1. The van der Waals surface area contributed by atoms with E-state index in [1.165, 1.54) is 16.8 Å². The molecule has 160 valence electrons. The number of fused-ring (bicyclic) bond motifs is 1. The van der Waals surface area contributed by atoms with Crippen molar-refractivity contribution in [2.45, 2.75) is 20.8 Å². The third-order valence-electron chi connectivity index (χ3n) is 4.87. The van der Waals surface area contributed by atoms with E-state index in [1.54, 1.807) is 24.9 Å². The van der Waals surface area contributed by atoms with Gasteiger partial charge in [0.15, 0.2) is 10.2 Å². The SMILES string of the molecule is CCSC1=NN2C(=N)/C(=C\c3cc(C)n(-c4ccc(OC)c(Cl)c4)c3C)C(=O)N=C2S1. The van der Waals surface area contributed by atoms with E-state index in [0.29, 0.717) is 15.9 Å². The van der Waals surface area contributed by atoms with Gasteiger partial charge >= 0.3 is 0 Å². The molecule has 4 rings (SSSR count). The summed E-state index contributed by atoms with van der Waals surface area (Å²) in [7, 11) is 1.58. The van der Waals surface area contributed by atoms with Crippen LogP contribution in [0, 0.1) is 19.3 Å². The Bertz CT molecular complexity index is 1200. The van der Waals surface area contributed by atoms with Crippen molar-refractivity contribution in [1.82, 2.24) is 9.58 Å². The highest BCUT2D eigenvalue weighted by atomic mass is 35.5. The number of hydrazone groups is 1. The average molecular weight is 474 g/mol. The van der Waals surface area contributed by atoms with Gasteiger partial charge in [-0.25, -0.2) is 0 Å². The van der Waals surface area contributed by atoms with E-state index < -0.39 is 5.91 Å². The third kappa shape index (κ3) is 3.93. The van der Waals surface area contributed by atoms with Crippen molar-refractivity contribution in [3.05, 3.63) is 51.8 Å². The van der Waals surface area contributed by atoms with Crippen LogP contribution in [0.3, 0.4) is 0 Å². The summed E-state index contributed by atoms with van der Waals surface area (Å²) in [5.74, 6) is 1.07. The summed E-state index contributed by atoms with van der Waals surface area (Å²) in [5, 5.41) is 15.3. The van der Waals surface area contributed by atoms with Crippen LogP contribution < -0.4 is 4.74 Å². The lowest BCUT2D eigenvalue weighted by Gasteiger charge is -2.20. The fourth-order valence-electron chi connectivity index (χ4n) is 3.44. The zero-order valence-electron chi connectivity index (χ0n) is 17.4. The van der Waals surface area contributed by atoms with E-state index in [9.17, 15) is 4.79 Å². The van der Waals surface area contributed by atoms with Crippen molar-refractivity contribution >= 4 is 62.5 Å². The summed E-state index contributed by atoms with van der Waals surface area (Å²) in [5.41, 5.74) is 3.82. The summed E-state index contributed by atoms with van der Waals surface area (Å²) >= 11 is 9.19. The molecule has 10 heteroatoms. The number of amides is 1. The minimum absolute atomic E-state index is 0.0338. The van der Waals surface area contributed by atoms with Crippen LogP contribution in [0.1, 0.15) is 23.9 Å². The molecule has 1 aromatic carbocycles. The first-order chi connectivity index (χ1) is 14.8. The summed E-state index contributed by atoms with van der Waals surface area (Å²) < 4.78 is 8.07. The number of halogens is 1. The highest BCUT2D eigenvalue weighted by Crippen LogP contribution is 2.33. The van der Waals surface area contributed by atoms with Gasteiger partial charge in [-0.15, -0.1) is 5.10 Å². The number of benzene rings is 1. The number of hydrogen-bond acceptors (Lipinski definition) is 6. The van der Waals surface area contributed by atoms with Gasteiger partial charge in [0.1, 0.15) is 5.75 Å². The van der Waals surface area contributed by atoms with Crippen LogP contribution >= 0.6 is 35.1 Å². The van der Waals surface area contributed by atoms with E-state index in [-0.39, 0.29) is 11.4 Å². The molecule has 0 saturated carbocycles. The second-order valence-corrected chi connectivity index (χ2v) is 9.67. The second kappa shape index (κ2) is 8.57. The van der Waals surface area contributed by atoms with Gasteiger partial charge in [-0.1, -0.05) is 30.3 Å². The molecule has 7 nitrogen and oxygen atoms in total. The molecule has 0 unspecified atom stereocenters. The molecule has 2 aliphatic heterocycles. The Hall–Kier alpha value is -2.49. The quantitative estimate of drug-likeness (QED) is 0.625. The Kier molecular flexibility index (Phi) is 6.00. The maximum absolute atomic E-state index is 12.7. The van der Waals surface area contributed by atoms with Gasteiger partial charge in [-0.3, -0.25) is 10.2 Å². The molecule has 0 fully saturated rings. The van der Waals surface area contributed by atoms with Gasteiger partial charge in [-0.2, -0.15) is 10.0 Å². The summed E-state index contributed by atoms with van der Waals surface area (Å²) in [4.78, 5) is 16.8. The highest BCUT2D eigenvalue weighted by Gasteiger charge is 2.35. The zero-order chi connectivity index (χ0) is 22.3. The molecule has 2 aliphatic rings. The van der Waals surface area contributed by atoms with Crippen LogP contribution in [0.4, 0.5) is 0 Å². The number of carbonyl (C=O) groups is 1. The first-order valence-corrected chi connectivity index (χ1v) is 11.7. The van der Waals surface area contributed by atoms with E-state index in [4.69, 9.17) is 21.7 Å². The molecular formula is C21H20ClN5O2S2. The molecule has 0 aliphatic carbocycles. The molecule has 31 heavy (non-hydrogen) atoms. The summed E-state index contributed by atoms with van der Waals surface area (Å²) in [6.07, 6.45) is 1.71. The highest BCUT2D eigenvalue weighted by molar-refractivity contribution is 8.45. The number of nitrogens with zero attached hydrogens (tertiary/aromatic N) is 4. The second-order valence-electron chi connectivity index (χ2n) is 6.80. The molecule has 3 heterocycles. The van der Waals surface area contributed by atoms with Crippen molar-refractivity contribution in [1.29, 1.82) is 5.41 Å². The number of carbonyl (C=O) groups excluding carboxylic acids is 1. The number of thioether (sulfide) groups is 2. The Labute approximate surface area is 193 Å². The number of ether oxygens (including phenoxy) is 1. The number of rotatable bonds is 4. The maximum Gasteiger partial charge on any atom is 0.283 e. The predicted molar refractivity (Wildman–Crippen MR) is 130 cm³/mol. The van der Waals surface area contributed by atoms with Crippen molar-refractivity contribution in [3.63, 3.8) is 0 Å². The van der Waals surface area contributed by atoms with E-state index >= 15 is 0 Å². The van der Waals surface area contributed by atoms with E-state index in [1.807, 2.05) is 49.6 Å². The smallest absolute Gasteiger partial charge is 0.283 e. The van der Waals surface area contributed by atoms with Crippen molar-refractivity contribution in [2.24, 2.45) is 10.1 Å². The van der Waals surface area contributed by atoms with E-state index in [0.717, 1.165) is 32.8 Å². The molecular weight excluding hydrogens is 454 g/mol. The fourth-order valence-corrected chi connectivity index (χ4v) is 5.51. The molecule has 0 bridgehead atoms. The Balaban J connectivity index is 1.72. The molecule has 2 aromatic rings. The lowest BCUT2D eigenvalue weighted by molar-refractivity contribution is -0.114. The molecule has 0 atom stereocenters. The minimum atomic E-state index is -0.431. The van der Waals surface area contributed by atoms with Crippen molar-refractivity contribution in [2.75, 3.05) is 12.9 Å². The zero-order valence-corrected chi connectivity index (χ0v) is 19.8. The van der Waals surface area contributed by atoms with Crippen LogP contribution in [0.5, 0.6) is 5.75 Å². The van der Waals surface area contributed by atoms with Crippen LogP contribution in [-0.4, -0.2) is 43.7 Å². The Morgan fingerprint density at radius 2 is 2.10 bits per heavy atom. The lowest BCUT2D eigenvalue weighted by Crippen LogP contribution is -2.35. The average Bonchev–Trinajstić information content (AvgIpc) is 3.25. The fraction of sp³-hybridized carbons (Fsp3) is 0.238. The molecule has 1 aromatic heterocycles. The largest absolute Gasteiger partial charge is 0.495 e. The number of hydrogen-bond donors (Lipinski definition) is 1. The monoisotopic (exact) mass is 473 g/mol. The van der Waals surface area contributed by atoms with Gasteiger partial charge in [0.25, 0.3) is 5.91 Å². The molecule has 1 N–H and O–H groups in total. The maximum atomic E-state index is 12.7. The molecule has 0 saturated heterocycles. The number of aromatic nitrogens is 1. The van der Waals surface area contributed by atoms with Crippen molar-refractivity contribution in [3.8, 4) is 11.4 Å². The van der Waals surface area contributed by atoms with Crippen LogP contribution in [0.25, 0.3) is 11.8 Å². The van der Waals surface area contributed by atoms with E-state index in [2.05, 4.69) is 10.1 Å². The van der Waals surface area contributed by atoms with Crippen LogP contribution in [0.2, 0.25) is 5.02 Å². The first kappa shape index (κ1) is 21.7. The normalized spacial score (nSPS) is 17.2. The van der Waals surface area contributed by atoms with Gasteiger partial charge < -0.3 is 9.30 Å². The molecule has 0 spiro atoms. The minimum Gasteiger partial charge on any atom is -0.495 e. The number of aryl methyl sites for hydroxylation is 1. The van der Waals surface area contributed by atoms with Crippen LogP contribution in [-0.2, 0) is 4.79 Å². The summed E-state index contributed by atoms with van der Waals surface area (Å²) in [6, 6.07) is 7.56. The Morgan fingerprint density at radius 3 is 2.77 bits per heavy atom. The first-order valence-electron chi connectivity index (χ1n) is 9.50. The van der Waals surface area contributed by atoms with Gasteiger partial charge in [0.2, 0.25) is 5.17 Å². The van der Waals surface area contributed by atoms with Gasteiger partial charge in [-0.05, 0) is 67.3 Å². The number of methoxy groups -OCH3 is 1. The lowest BCUT2D eigenvalue weighted by atomic mass is 10.1. The molecule has 1 amide bonds. The van der Waals surface area contributed by atoms with Gasteiger partial charge in [0, 0.05) is 17.1 Å².